The van der Waals surface area contributed by atoms with Crippen molar-refractivity contribution in [2.75, 3.05) is 32.8 Å². The Morgan fingerprint density at radius 1 is 0.769 bits per heavy atom. The zero-order valence-electron chi connectivity index (χ0n) is 21.9. The molecular weight excluding hydrogens is 490 g/mol. The summed E-state index contributed by atoms with van der Waals surface area (Å²) in [4.78, 5) is 44.0. The minimum Gasteiger partial charge on any atom is -0.448 e. The number of nitrogens with one attached hydrogen (secondary N) is 1. The molecule has 6 rings (SSSR count). The van der Waals surface area contributed by atoms with E-state index in [0.717, 1.165) is 24.0 Å². The molecule has 7 heteroatoms. The number of rotatable bonds is 5. The van der Waals surface area contributed by atoms with Crippen LogP contribution in [0.4, 0.5) is 4.79 Å². The van der Waals surface area contributed by atoms with Gasteiger partial charge in [-0.15, -0.1) is 0 Å². The van der Waals surface area contributed by atoms with Gasteiger partial charge in [0.25, 0.3) is 0 Å². The number of ketones is 1. The highest BCUT2D eigenvalue weighted by atomic mass is 16.6. The number of amides is 2. The summed E-state index contributed by atoms with van der Waals surface area (Å²) in [6.45, 7) is 2.12. The van der Waals surface area contributed by atoms with Gasteiger partial charge in [-0.05, 0) is 41.5 Å². The van der Waals surface area contributed by atoms with Crippen LogP contribution in [0, 0.1) is 0 Å². The third-order valence-corrected chi connectivity index (χ3v) is 8.25. The molecule has 1 aliphatic carbocycles. The number of carbonyl (C=O) groups is 3. The first-order valence-corrected chi connectivity index (χ1v) is 13.9. The minimum atomic E-state index is -0.626. The number of fused-ring (bicyclic) bond motifs is 3. The molecule has 3 aromatic rings. The van der Waals surface area contributed by atoms with Crippen molar-refractivity contribution in [3.63, 3.8) is 0 Å². The van der Waals surface area contributed by atoms with Gasteiger partial charge >= 0.3 is 6.09 Å². The molecule has 0 saturated carbocycles. The van der Waals surface area contributed by atoms with Gasteiger partial charge in [-0.1, -0.05) is 78.9 Å². The molecule has 2 amide bonds. The molecule has 0 spiro atoms. The Bertz CT molecular complexity index is 1330. The third-order valence-electron chi connectivity index (χ3n) is 8.25. The van der Waals surface area contributed by atoms with E-state index < -0.39 is 18.2 Å². The van der Waals surface area contributed by atoms with Crippen LogP contribution < -0.4 is 5.32 Å². The Balaban J connectivity index is 1.18. The first kappa shape index (κ1) is 25.3. The number of ether oxygens (including phenoxy) is 1. The molecule has 1 N–H and O–H groups in total. The van der Waals surface area contributed by atoms with E-state index in [9.17, 15) is 14.4 Å². The summed E-state index contributed by atoms with van der Waals surface area (Å²) in [5.41, 5.74) is 5.24. The second-order valence-electron chi connectivity index (χ2n) is 10.5. The predicted molar refractivity (Wildman–Crippen MR) is 149 cm³/mol. The molecule has 2 heterocycles. The van der Waals surface area contributed by atoms with Gasteiger partial charge in [0, 0.05) is 37.7 Å². The average molecular weight is 524 g/mol. The number of likely N-dealkylation sites (tertiary alicyclic amines) is 1. The number of benzene rings is 3. The summed E-state index contributed by atoms with van der Waals surface area (Å²) in [5.74, 6) is -0.292. The van der Waals surface area contributed by atoms with E-state index in [-0.39, 0.29) is 24.2 Å². The maximum Gasteiger partial charge on any atom is 0.410 e. The largest absolute Gasteiger partial charge is 0.448 e. The fraction of sp³-hybridized carbons (Fsp3) is 0.344. The van der Waals surface area contributed by atoms with Crippen LogP contribution >= 0.6 is 0 Å². The van der Waals surface area contributed by atoms with E-state index in [2.05, 4.69) is 29.6 Å². The van der Waals surface area contributed by atoms with Crippen molar-refractivity contribution in [2.45, 2.75) is 37.3 Å². The van der Waals surface area contributed by atoms with Crippen LogP contribution in [0.15, 0.2) is 78.9 Å². The lowest BCUT2D eigenvalue weighted by atomic mass is 9.97. The molecule has 7 nitrogen and oxygen atoms in total. The Kier molecular flexibility index (Phi) is 7.16. The predicted octanol–water partition coefficient (Wildman–Crippen LogP) is 4.47. The van der Waals surface area contributed by atoms with Crippen LogP contribution in [0.5, 0.6) is 0 Å². The summed E-state index contributed by atoms with van der Waals surface area (Å²) < 4.78 is 5.93. The van der Waals surface area contributed by atoms with E-state index in [1.54, 1.807) is 21.9 Å². The number of Topliss-reactive ketones (excluding diaryl/α,β-unsaturated/α-hetero) is 1. The smallest absolute Gasteiger partial charge is 0.410 e. The van der Waals surface area contributed by atoms with Gasteiger partial charge in [0.05, 0.1) is 0 Å². The average Bonchev–Trinajstić information content (AvgIpc) is 3.33. The Hall–Kier alpha value is -3.97. The van der Waals surface area contributed by atoms with Crippen molar-refractivity contribution in [3.05, 3.63) is 95.6 Å². The summed E-state index contributed by atoms with van der Waals surface area (Å²) in [6.07, 6.45) is 1.78. The maximum absolute atomic E-state index is 13.9. The van der Waals surface area contributed by atoms with E-state index in [1.807, 2.05) is 42.5 Å². The molecule has 2 aliphatic heterocycles. The summed E-state index contributed by atoms with van der Waals surface area (Å²) in [7, 11) is 0. The number of carbonyl (C=O) groups excluding carboxylic acids is 3. The number of piperazine rings is 1. The molecule has 0 aromatic heterocycles. The Morgan fingerprint density at radius 3 is 2.15 bits per heavy atom. The van der Waals surface area contributed by atoms with Gasteiger partial charge in [0.15, 0.2) is 5.78 Å². The summed E-state index contributed by atoms with van der Waals surface area (Å²) in [6, 6.07) is 24.3. The number of piperidine rings is 1. The van der Waals surface area contributed by atoms with E-state index in [1.165, 1.54) is 11.1 Å². The molecule has 0 radical (unpaired) electrons. The number of nitrogens with zero attached hydrogens (tertiary/aromatic N) is 2. The first-order chi connectivity index (χ1) is 19.1. The molecule has 3 aliphatic rings. The molecule has 200 valence electrons. The molecule has 2 saturated heterocycles. The van der Waals surface area contributed by atoms with Gasteiger partial charge < -0.3 is 15.0 Å². The van der Waals surface area contributed by atoms with Crippen LogP contribution in [0.25, 0.3) is 11.1 Å². The molecule has 2 atom stereocenters. The van der Waals surface area contributed by atoms with E-state index >= 15 is 0 Å². The highest BCUT2D eigenvalue weighted by Gasteiger charge is 2.41. The minimum absolute atomic E-state index is 0.0404. The van der Waals surface area contributed by atoms with E-state index in [0.29, 0.717) is 38.2 Å². The zero-order valence-corrected chi connectivity index (χ0v) is 21.9. The van der Waals surface area contributed by atoms with Crippen molar-refractivity contribution in [3.8, 4) is 11.1 Å². The second-order valence-corrected chi connectivity index (χ2v) is 10.5. The van der Waals surface area contributed by atoms with Crippen LogP contribution in [-0.2, 0) is 9.53 Å². The Labute approximate surface area is 228 Å². The van der Waals surface area contributed by atoms with Crippen LogP contribution in [0.3, 0.4) is 0 Å². The van der Waals surface area contributed by atoms with Gasteiger partial charge in [0.2, 0.25) is 5.91 Å². The standard InChI is InChI=1S/C32H33N3O4/c36-30(22-10-2-1-3-11-22)29-20-33-17-19-34(29)31(37)28-16-8-9-18-35(28)32(38)39-21-27-25-14-6-4-12-23(25)24-13-5-7-15-26(24)27/h1-7,10-15,27-29,33H,8-9,16-21H2. The van der Waals surface area contributed by atoms with Crippen molar-refractivity contribution in [2.24, 2.45) is 0 Å². The van der Waals surface area contributed by atoms with Crippen LogP contribution in [-0.4, -0.2) is 72.5 Å². The van der Waals surface area contributed by atoms with Crippen LogP contribution in [0.1, 0.15) is 46.7 Å². The lowest BCUT2D eigenvalue weighted by molar-refractivity contribution is -0.140. The zero-order chi connectivity index (χ0) is 26.8. The summed E-state index contributed by atoms with van der Waals surface area (Å²) in [5, 5.41) is 3.26. The molecule has 39 heavy (non-hydrogen) atoms. The van der Waals surface area contributed by atoms with Crippen molar-refractivity contribution in [1.82, 2.24) is 15.1 Å². The van der Waals surface area contributed by atoms with Crippen LogP contribution in [0.2, 0.25) is 0 Å². The van der Waals surface area contributed by atoms with Crippen molar-refractivity contribution in [1.29, 1.82) is 0 Å². The molecule has 2 unspecified atom stereocenters. The number of hydrogen-bond acceptors (Lipinski definition) is 5. The third kappa shape index (κ3) is 4.83. The monoisotopic (exact) mass is 523 g/mol. The highest BCUT2D eigenvalue weighted by molar-refractivity contribution is 6.02. The van der Waals surface area contributed by atoms with Crippen molar-refractivity contribution >= 4 is 17.8 Å². The normalized spacial score (nSPS) is 20.7. The molecular formula is C32H33N3O4. The SMILES string of the molecule is O=C(c1ccccc1)C1CNCCN1C(=O)C1CCCCN1C(=O)OCC1c2ccccc2-c2ccccc21. The molecule has 3 aromatic carbocycles. The lowest BCUT2D eigenvalue weighted by Gasteiger charge is -2.41. The van der Waals surface area contributed by atoms with Gasteiger partial charge in [-0.2, -0.15) is 0 Å². The number of hydrogen-bond donors (Lipinski definition) is 1. The molecule has 2 fully saturated rings. The fourth-order valence-electron chi connectivity index (χ4n) is 6.27. The topological polar surface area (TPSA) is 79.0 Å². The first-order valence-electron chi connectivity index (χ1n) is 13.9. The maximum atomic E-state index is 13.9. The van der Waals surface area contributed by atoms with Crippen molar-refractivity contribution < 1.29 is 19.1 Å². The highest BCUT2D eigenvalue weighted by Crippen LogP contribution is 2.44. The fourth-order valence-corrected chi connectivity index (χ4v) is 6.27. The second kappa shape index (κ2) is 11.0. The summed E-state index contributed by atoms with van der Waals surface area (Å²) >= 11 is 0. The van der Waals surface area contributed by atoms with Gasteiger partial charge in [0.1, 0.15) is 18.7 Å². The lowest BCUT2D eigenvalue weighted by Crippen LogP contribution is -2.62. The van der Waals surface area contributed by atoms with Gasteiger partial charge in [-0.25, -0.2) is 4.79 Å². The van der Waals surface area contributed by atoms with Gasteiger partial charge in [-0.3, -0.25) is 14.5 Å². The quantitative estimate of drug-likeness (QED) is 0.499. The molecule has 0 bridgehead atoms. The Morgan fingerprint density at radius 2 is 1.44 bits per heavy atom. The van der Waals surface area contributed by atoms with E-state index in [4.69, 9.17) is 4.74 Å².